The Labute approximate surface area is 182 Å². The summed E-state index contributed by atoms with van der Waals surface area (Å²) in [6.45, 7) is 2.79. The molecule has 3 aromatic rings. The molecule has 1 saturated heterocycles. The van der Waals surface area contributed by atoms with E-state index in [1.807, 2.05) is 54.6 Å². The molecule has 2 amide bonds. The number of nitrogens with one attached hydrogen (secondary N) is 1. The molecular weight excluding hydrogens is 390 g/mol. The second-order valence-corrected chi connectivity index (χ2v) is 7.30. The van der Waals surface area contributed by atoms with Gasteiger partial charge in [-0.3, -0.25) is 9.59 Å². The number of amides is 2. The minimum atomic E-state index is -0.331. The molecule has 6 heteroatoms. The maximum Gasteiger partial charge on any atom is 0.255 e. The second kappa shape index (κ2) is 9.80. The number of nitrogens with zero attached hydrogens (tertiary/aromatic N) is 2. The molecule has 0 aliphatic carbocycles. The minimum absolute atomic E-state index is 0.0379. The van der Waals surface area contributed by atoms with Crippen molar-refractivity contribution in [2.75, 3.05) is 37.6 Å². The van der Waals surface area contributed by atoms with Crippen molar-refractivity contribution in [3.8, 4) is 11.5 Å². The van der Waals surface area contributed by atoms with Crippen molar-refractivity contribution in [3.63, 3.8) is 0 Å². The van der Waals surface area contributed by atoms with Crippen molar-refractivity contribution in [2.45, 2.75) is 0 Å². The van der Waals surface area contributed by atoms with Crippen LogP contribution in [0, 0.1) is 0 Å². The number of anilines is 1. The lowest BCUT2D eigenvalue weighted by Crippen LogP contribution is -2.51. The Hall–Kier alpha value is -3.80. The van der Waals surface area contributed by atoms with Gasteiger partial charge in [0.1, 0.15) is 11.5 Å². The van der Waals surface area contributed by atoms with E-state index >= 15 is 0 Å². The van der Waals surface area contributed by atoms with E-state index in [-0.39, 0.29) is 18.4 Å². The molecule has 0 radical (unpaired) electrons. The summed E-state index contributed by atoms with van der Waals surface area (Å²) in [6.07, 6.45) is 0. The van der Waals surface area contributed by atoms with Crippen molar-refractivity contribution in [3.05, 3.63) is 90.5 Å². The zero-order valence-electron chi connectivity index (χ0n) is 17.2. The normalized spacial score (nSPS) is 13.5. The van der Waals surface area contributed by atoms with Gasteiger partial charge in [0.15, 0.2) is 0 Å². The van der Waals surface area contributed by atoms with E-state index < -0.39 is 0 Å². The third-order valence-corrected chi connectivity index (χ3v) is 5.26. The van der Waals surface area contributed by atoms with Crippen LogP contribution in [-0.4, -0.2) is 49.4 Å². The lowest BCUT2D eigenvalue weighted by molar-refractivity contribution is -0.130. The molecule has 1 aliphatic heterocycles. The Kier molecular flexibility index (Phi) is 6.47. The number of benzene rings is 3. The van der Waals surface area contributed by atoms with Gasteiger partial charge in [-0.15, -0.1) is 0 Å². The highest BCUT2D eigenvalue weighted by Crippen LogP contribution is 2.25. The van der Waals surface area contributed by atoms with E-state index in [9.17, 15) is 9.59 Å². The van der Waals surface area contributed by atoms with Crippen LogP contribution in [0.3, 0.4) is 0 Å². The molecule has 0 unspecified atom stereocenters. The van der Waals surface area contributed by atoms with Gasteiger partial charge >= 0.3 is 0 Å². The van der Waals surface area contributed by atoms with E-state index in [1.165, 1.54) is 0 Å². The fourth-order valence-corrected chi connectivity index (χ4v) is 3.57. The van der Waals surface area contributed by atoms with E-state index in [1.54, 1.807) is 23.1 Å². The first-order chi connectivity index (χ1) is 15.2. The van der Waals surface area contributed by atoms with Crippen molar-refractivity contribution in [2.24, 2.45) is 0 Å². The predicted molar refractivity (Wildman–Crippen MR) is 121 cm³/mol. The van der Waals surface area contributed by atoms with Crippen LogP contribution in [0.2, 0.25) is 0 Å². The predicted octanol–water partition coefficient (Wildman–Crippen LogP) is 3.56. The summed E-state index contributed by atoms with van der Waals surface area (Å²) >= 11 is 0. The molecule has 0 spiro atoms. The quantitative estimate of drug-likeness (QED) is 0.669. The molecule has 6 nitrogen and oxygen atoms in total. The topological polar surface area (TPSA) is 61.9 Å². The molecule has 1 aliphatic rings. The zero-order chi connectivity index (χ0) is 21.5. The molecule has 31 heavy (non-hydrogen) atoms. The highest BCUT2D eigenvalue weighted by molar-refractivity contribution is 5.98. The molecule has 3 aromatic carbocycles. The van der Waals surface area contributed by atoms with Gasteiger partial charge in [-0.25, -0.2) is 0 Å². The number of hydrogen-bond donors (Lipinski definition) is 1. The second-order valence-electron chi connectivity index (χ2n) is 7.30. The standard InChI is InChI=1S/C25H25N3O3/c29-24(28-17-15-27(16-18-28)20-9-3-1-4-10-20)19-26-25(30)22-13-7-8-14-23(22)31-21-11-5-2-6-12-21/h1-14H,15-19H2,(H,26,30). The van der Waals surface area contributed by atoms with Crippen LogP contribution in [0.25, 0.3) is 0 Å². The lowest BCUT2D eigenvalue weighted by atomic mass is 10.2. The summed E-state index contributed by atoms with van der Waals surface area (Å²) in [4.78, 5) is 29.4. The first-order valence-corrected chi connectivity index (χ1v) is 10.4. The van der Waals surface area contributed by atoms with E-state index in [0.29, 0.717) is 30.2 Å². The van der Waals surface area contributed by atoms with E-state index in [2.05, 4.69) is 22.3 Å². The number of hydrogen-bond acceptors (Lipinski definition) is 4. The van der Waals surface area contributed by atoms with Crippen LogP contribution in [0.1, 0.15) is 10.4 Å². The molecule has 0 aromatic heterocycles. The fourth-order valence-electron chi connectivity index (χ4n) is 3.57. The van der Waals surface area contributed by atoms with Crippen molar-refractivity contribution in [1.29, 1.82) is 0 Å². The molecule has 1 fully saturated rings. The molecule has 0 atom stereocenters. The Morgan fingerprint density at radius 3 is 2.10 bits per heavy atom. The van der Waals surface area contributed by atoms with Crippen LogP contribution in [0.5, 0.6) is 11.5 Å². The third kappa shape index (κ3) is 5.22. The van der Waals surface area contributed by atoms with Crippen LogP contribution in [0.15, 0.2) is 84.9 Å². The highest BCUT2D eigenvalue weighted by atomic mass is 16.5. The van der Waals surface area contributed by atoms with Crippen LogP contribution < -0.4 is 15.0 Å². The van der Waals surface area contributed by atoms with Crippen molar-refractivity contribution < 1.29 is 14.3 Å². The smallest absolute Gasteiger partial charge is 0.255 e. The third-order valence-electron chi connectivity index (χ3n) is 5.26. The van der Waals surface area contributed by atoms with Gasteiger partial charge in [0.05, 0.1) is 12.1 Å². The Balaban J connectivity index is 1.31. The van der Waals surface area contributed by atoms with Crippen LogP contribution in [-0.2, 0) is 4.79 Å². The molecule has 0 saturated carbocycles. The van der Waals surface area contributed by atoms with Crippen LogP contribution >= 0.6 is 0 Å². The SMILES string of the molecule is O=C(NCC(=O)N1CCN(c2ccccc2)CC1)c1ccccc1Oc1ccccc1. The summed E-state index contributed by atoms with van der Waals surface area (Å²) in [5.74, 6) is 0.690. The lowest BCUT2D eigenvalue weighted by Gasteiger charge is -2.36. The van der Waals surface area contributed by atoms with Gasteiger partial charge in [-0.1, -0.05) is 48.5 Å². The Morgan fingerprint density at radius 2 is 1.39 bits per heavy atom. The van der Waals surface area contributed by atoms with E-state index in [4.69, 9.17) is 4.74 Å². The summed E-state index contributed by atoms with van der Waals surface area (Å²) in [5.41, 5.74) is 1.56. The number of rotatable bonds is 6. The average molecular weight is 415 g/mol. The van der Waals surface area contributed by atoms with Gasteiger partial charge in [0.2, 0.25) is 5.91 Å². The van der Waals surface area contributed by atoms with Crippen molar-refractivity contribution >= 4 is 17.5 Å². The minimum Gasteiger partial charge on any atom is -0.457 e. The number of piperazine rings is 1. The monoisotopic (exact) mass is 415 g/mol. The Morgan fingerprint density at radius 1 is 0.774 bits per heavy atom. The first-order valence-electron chi connectivity index (χ1n) is 10.4. The maximum absolute atomic E-state index is 12.7. The largest absolute Gasteiger partial charge is 0.457 e. The number of carbonyl (C=O) groups excluding carboxylic acids is 2. The summed E-state index contributed by atoms with van der Waals surface area (Å²) in [5, 5.41) is 2.74. The molecular formula is C25H25N3O3. The summed E-state index contributed by atoms with van der Waals surface area (Å²) in [6, 6.07) is 26.5. The molecule has 4 rings (SSSR count). The fraction of sp³-hybridized carbons (Fsp3) is 0.200. The van der Waals surface area contributed by atoms with Gasteiger partial charge in [0.25, 0.3) is 5.91 Å². The molecule has 1 N–H and O–H groups in total. The summed E-state index contributed by atoms with van der Waals surface area (Å²) < 4.78 is 5.85. The molecule has 158 valence electrons. The van der Waals surface area contributed by atoms with Gasteiger partial charge in [0, 0.05) is 31.9 Å². The molecule has 0 bridgehead atoms. The van der Waals surface area contributed by atoms with Gasteiger partial charge < -0.3 is 19.9 Å². The Bertz CT molecular complexity index is 1020. The number of para-hydroxylation sites is 3. The van der Waals surface area contributed by atoms with Gasteiger partial charge in [-0.2, -0.15) is 0 Å². The van der Waals surface area contributed by atoms with Gasteiger partial charge in [-0.05, 0) is 36.4 Å². The number of ether oxygens (including phenoxy) is 1. The average Bonchev–Trinajstić information content (AvgIpc) is 2.84. The van der Waals surface area contributed by atoms with E-state index in [0.717, 1.165) is 18.8 Å². The number of carbonyl (C=O) groups is 2. The zero-order valence-corrected chi connectivity index (χ0v) is 17.2. The molecule has 1 heterocycles. The highest BCUT2D eigenvalue weighted by Gasteiger charge is 2.22. The van der Waals surface area contributed by atoms with Crippen molar-refractivity contribution in [1.82, 2.24) is 10.2 Å². The summed E-state index contributed by atoms with van der Waals surface area (Å²) in [7, 11) is 0. The maximum atomic E-state index is 12.7. The first kappa shape index (κ1) is 20.5. The van der Waals surface area contributed by atoms with Crippen LogP contribution in [0.4, 0.5) is 5.69 Å².